The van der Waals surface area contributed by atoms with E-state index in [1.54, 1.807) is 30.3 Å². The summed E-state index contributed by atoms with van der Waals surface area (Å²) in [6, 6.07) is 24.4. The third-order valence-corrected chi connectivity index (χ3v) is 9.97. The van der Waals surface area contributed by atoms with Crippen LogP contribution in [0.3, 0.4) is 0 Å². The van der Waals surface area contributed by atoms with E-state index in [1.807, 2.05) is 41.0 Å². The van der Waals surface area contributed by atoms with Crippen molar-refractivity contribution in [2.24, 2.45) is 0 Å². The number of rotatable bonds is 9. The second-order valence-corrected chi connectivity index (χ2v) is 13.0. The molecule has 1 aliphatic heterocycles. The van der Waals surface area contributed by atoms with Crippen molar-refractivity contribution in [1.29, 1.82) is 5.26 Å². The van der Waals surface area contributed by atoms with E-state index in [0.29, 0.717) is 52.4 Å². The molecule has 6 rings (SSSR count). The number of sulfone groups is 1. The highest BCUT2D eigenvalue weighted by atomic mass is 32.2. The van der Waals surface area contributed by atoms with Crippen LogP contribution in [0.4, 0.5) is 4.39 Å². The lowest BCUT2D eigenvalue weighted by atomic mass is 10.1. The standard InChI is InChI=1S/C33H27FN4O5S/c1-42-33(39)24-11-12-29-30(17-24)38(19-26-13-14-44(26,40)41)31(36-29)16-21-5-8-23(9-6-21)28-3-2-4-32(37-28)43-20-25-10-7-22(18-35)15-27(25)34/h2-12,15,17,26H,13-14,16,19-20H2,1H3. The molecule has 222 valence electrons. The fraction of sp³-hybridized carbons (Fsp3) is 0.212. The van der Waals surface area contributed by atoms with Crippen molar-refractivity contribution in [3.8, 4) is 23.2 Å². The number of fused-ring (bicyclic) bond motifs is 1. The average molecular weight is 611 g/mol. The van der Waals surface area contributed by atoms with Gasteiger partial charge in [0.1, 0.15) is 18.2 Å². The van der Waals surface area contributed by atoms with Crippen LogP contribution in [0.25, 0.3) is 22.3 Å². The molecule has 0 spiro atoms. The molecular formula is C33H27FN4O5S. The Kier molecular flexibility index (Phi) is 7.84. The summed E-state index contributed by atoms with van der Waals surface area (Å²) in [4.78, 5) is 21.5. The monoisotopic (exact) mass is 610 g/mol. The molecule has 0 amide bonds. The normalized spacial score (nSPS) is 15.3. The Labute approximate surface area is 253 Å². The number of carbonyl (C=O) groups excluding carboxylic acids is 1. The van der Waals surface area contributed by atoms with Gasteiger partial charge in [-0.25, -0.2) is 27.6 Å². The number of ether oxygens (including phenoxy) is 2. The first-order valence-electron chi connectivity index (χ1n) is 13.9. The lowest BCUT2D eigenvalue weighted by Crippen LogP contribution is -2.40. The smallest absolute Gasteiger partial charge is 0.337 e. The van der Waals surface area contributed by atoms with E-state index in [-0.39, 0.29) is 24.5 Å². The number of hydrogen-bond acceptors (Lipinski definition) is 8. The molecular weight excluding hydrogens is 583 g/mol. The van der Waals surface area contributed by atoms with Crippen LogP contribution in [0.1, 0.15) is 39.3 Å². The van der Waals surface area contributed by atoms with Crippen molar-refractivity contribution in [1.82, 2.24) is 14.5 Å². The summed E-state index contributed by atoms with van der Waals surface area (Å²) in [5.74, 6) is 0.225. The second-order valence-electron chi connectivity index (χ2n) is 10.6. The van der Waals surface area contributed by atoms with Gasteiger partial charge in [0.15, 0.2) is 9.84 Å². The van der Waals surface area contributed by atoms with Crippen LogP contribution in [-0.4, -0.2) is 47.0 Å². The largest absolute Gasteiger partial charge is 0.473 e. The van der Waals surface area contributed by atoms with E-state index in [9.17, 15) is 17.6 Å². The Morgan fingerprint density at radius 1 is 1.07 bits per heavy atom. The summed E-state index contributed by atoms with van der Waals surface area (Å²) in [7, 11) is -1.82. The number of methoxy groups -OCH3 is 1. The number of benzene rings is 3. The van der Waals surface area contributed by atoms with Crippen molar-refractivity contribution in [2.75, 3.05) is 12.9 Å². The SMILES string of the molecule is COC(=O)c1ccc2nc(Cc3ccc(-c4cccc(OCc5ccc(C#N)cc5F)n4)cc3)n(CC3CCS3(=O)=O)c2c1. The van der Waals surface area contributed by atoms with Crippen molar-refractivity contribution >= 4 is 26.8 Å². The van der Waals surface area contributed by atoms with Crippen molar-refractivity contribution in [3.05, 3.63) is 113 Å². The summed E-state index contributed by atoms with van der Waals surface area (Å²) in [5.41, 5.74) is 4.76. The molecule has 0 aliphatic carbocycles. The maximum absolute atomic E-state index is 14.2. The van der Waals surface area contributed by atoms with Crippen LogP contribution in [0.5, 0.6) is 5.88 Å². The van der Waals surface area contributed by atoms with Gasteiger partial charge in [-0.15, -0.1) is 0 Å². The molecule has 1 saturated heterocycles. The van der Waals surface area contributed by atoms with Crippen molar-refractivity contribution < 1.29 is 27.1 Å². The van der Waals surface area contributed by atoms with E-state index in [1.165, 1.54) is 25.3 Å². The van der Waals surface area contributed by atoms with Crippen molar-refractivity contribution in [3.63, 3.8) is 0 Å². The molecule has 1 unspecified atom stereocenters. The Bertz CT molecular complexity index is 2030. The van der Waals surface area contributed by atoms with Crippen LogP contribution < -0.4 is 4.74 Å². The number of nitriles is 1. The van der Waals surface area contributed by atoms with E-state index < -0.39 is 26.9 Å². The summed E-state index contributed by atoms with van der Waals surface area (Å²) < 4.78 is 51.5. The maximum Gasteiger partial charge on any atom is 0.337 e. The molecule has 1 aliphatic rings. The number of hydrogen-bond donors (Lipinski definition) is 0. The predicted molar refractivity (Wildman–Crippen MR) is 161 cm³/mol. The number of esters is 1. The van der Waals surface area contributed by atoms with Crippen LogP contribution in [-0.2, 0) is 34.1 Å². The van der Waals surface area contributed by atoms with E-state index >= 15 is 0 Å². The molecule has 1 atom stereocenters. The topological polar surface area (TPSA) is 124 Å². The number of carbonyl (C=O) groups is 1. The molecule has 2 aromatic heterocycles. The fourth-order valence-electron chi connectivity index (χ4n) is 5.16. The molecule has 44 heavy (non-hydrogen) atoms. The van der Waals surface area contributed by atoms with E-state index in [2.05, 4.69) is 4.98 Å². The number of nitrogens with zero attached hydrogens (tertiary/aromatic N) is 4. The third-order valence-electron chi connectivity index (χ3n) is 7.76. The summed E-state index contributed by atoms with van der Waals surface area (Å²) in [6.45, 7) is 0.233. The minimum Gasteiger partial charge on any atom is -0.473 e. The third kappa shape index (κ3) is 5.89. The van der Waals surface area contributed by atoms with Crippen LogP contribution in [0.15, 0.2) is 78.9 Å². The Morgan fingerprint density at radius 3 is 2.57 bits per heavy atom. The van der Waals surface area contributed by atoms with Gasteiger partial charge in [0.25, 0.3) is 0 Å². The highest BCUT2D eigenvalue weighted by Gasteiger charge is 2.36. The zero-order valence-corrected chi connectivity index (χ0v) is 24.6. The van der Waals surface area contributed by atoms with Gasteiger partial charge in [0.05, 0.1) is 52.0 Å². The summed E-state index contributed by atoms with van der Waals surface area (Å²) in [6.07, 6.45) is 1.03. The minimum atomic E-state index is -3.14. The van der Waals surface area contributed by atoms with Gasteiger partial charge in [0.2, 0.25) is 5.88 Å². The van der Waals surface area contributed by atoms with Gasteiger partial charge in [0, 0.05) is 30.2 Å². The first-order chi connectivity index (χ1) is 21.2. The molecule has 11 heteroatoms. The van der Waals surface area contributed by atoms with E-state index in [0.717, 1.165) is 11.1 Å². The predicted octanol–water partition coefficient (Wildman–Crippen LogP) is 5.25. The number of imidazole rings is 1. The van der Waals surface area contributed by atoms with Crippen LogP contribution >= 0.6 is 0 Å². The maximum atomic E-state index is 14.2. The number of aromatic nitrogens is 3. The van der Waals surface area contributed by atoms with Gasteiger partial charge in [-0.2, -0.15) is 5.26 Å². The fourth-order valence-corrected chi connectivity index (χ4v) is 6.49. The number of pyridine rings is 1. The van der Waals surface area contributed by atoms with Gasteiger partial charge in [-0.3, -0.25) is 0 Å². The summed E-state index contributed by atoms with van der Waals surface area (Å²) in [5, 5.41) is 8.44. The Balaban J connectivity index is 1.22. The molecule has 9 nitrogen and oxygen atoms in total. The molecule has 0 saturated carbocycles. The summed E-state index contributed by atoms with van der Waals surface area (Å²) >= 11 is 0. The minimum absolute atomic E-state index is 0.0305. The van der Waals surface area contributed by atoms with Gasteiger partial charge in [-0.05, 0) is 48.4 Å². The average Bonchev–Trinajstić information content (AvgIpc) is 3.38. The van der Waals surface area contributed by atoms with E-state index in [4.69, 9.17) is 19.7 Å². The van der Waals surface area contributed by atoms with Crippen LogP contribution in [0, 0.1) is 17.1 Å². The Morgan fingerprint density at radius 2 is 1.89 bits per heavy atom. The zero-order valence-electron chi connectivity index (χ0n) is 23.7. The highest BCUT2D eigenvalue weighted by molar-refractivity contribution is 7.93. The highest BCUT2D eigenvalue weighted by Crippen LogP contribution is 2.28. The lowest BCUT2D eigenvalue weighted by Gasteiger charge is -2.27. The quantitative estimate of drug-likeness (QED) is 0.207. The Hall–Kier alpha value is -5.08. The zero-order chi connectivity index (χ0) is 30.8. The first-order valence-corrected chi connectivity index (χ1v) is 15.6. The molecule has 0 bridgehead atoms. The molecule has 0 N–H and O–H groups in total. The molecule has 3 aromatic carbocycles. The molecule has 5 aromatic rings. The molecule has 3 heterocycles. The first kappa shape index (κ1) is 29.0. The van der Waals surface area contributed by atoms with Crippen LogP contribution in [0.2, 0.25) is 0 Å². The lowest BCUT2D eigenvalue weighted by molar-refractivity contribution is 0.0601. The number of halogens is 1. The molecule has 0 radical (unpaired) electrons. The second kappa shape index (κ2) is 11.9. The molecule has 1 fully saturated rings. The van der Waals surface area contributed by atoms with Gasteiger partial charge >= 0.3 is 5.97 Å². The van der Waals surface area contributed by atoms with Gasteiger partial charge < -0.3 is 14.0 Å². The van der Waals surface area contributed by atoms with Gasteiger partial charge in [-0.1, -0.05) is 36.4 Å². The van der Waals surface area contributed by atoms with Crippen molar-refractivity contribution in [2.45, 2.75) is 31.2 Å².